The average molecular weight is 182 g/mol. The predicted octanol–water partition coefficient (Wildman–Crippen LogP) is 3.31. The molecule has 0 spiro atoms. The lowest BCUT2D eigenvalue weighted by molar-refractivity contribution is 0.0565. The maximum Gasteiger partial charge on any atom is 0.0591 e. The van der Waals surface area contributed by atoms with E-state index in [1.165, 1.54) is 5.57 Å². The monoisotopic (exact) mass is 182 g/mol. The fraction of sp³-hybridized carbons (Fsp3) is 0.667. The van der Waals surface area contributed by atoms with Gasteiger partial charge in [0.25, 0.3) is 0 Å². The van der Waals surface area contributed by atoms with E-state index in [1.54, 1.807) is 0 Å². The molecule has 0 bridgehead atoms. The van der Waals surface area contributed by atoms with Crippen molar-refractivity contribution in [1.82, 2.24) is 0 Å². The molecule has 1 N–H and O–H groups in total. The molecule has 76 valence electrons. The molecule has 0 aromatic rings. The largest absolute Gasteiger partial charge is 0.393 e. The van der Waals surface area contributed by atoms with E-state index in [0.29, 0.717) is 0 Å². The third-order valence-electron chi connectivity index (χ3n) is 2.23. The second kappa shape index (κ2) is 5.23. The highest BCUT2D eigenvalue weighted by Crippen LogP contribution is 2.22. The van der Waals surface area contributed by atoms with Gasteiger partial charge in [-0.15, -0.1) is 0 Å². The second-order valence-electron chi connectivity index (χ2n) is 4.61. The van der Waals surface area contributed by atoms with Crippen molar-refractivity contribution in [2.45, 2.75) is 46.6 Å². The highest BCUT2D eigenvalue weighted by atomic mass is 16.3. The Balaban J connectivity index is 3.84. The molecule has 0 fully saturated rings. The minimum atomic E-state index is -0.221. The summed E-state index contributed by atoms with van der Waals surface area (Å²) in [6, 6.07) is 0. The van der Waals surface area contributed by atoms with Gasteiger partial charge in [0.2, 0.25) is 0 Å². The minimum absolute atomic E-state index is 0.00404. The molecule has 1 unspecified atom stereocenters. The zero-order chi connectivity index (χ0) is 10.5. The van der Waals surface area contributed by atoms with E-state index < -0.39 is 0 Å². The molecule has 0 aromatic heterocycles. The summed E-state index contributed by atoms with van der Waals surface area (Å²) in [6.07, 6.45) is 5.48. The zero-order valence-electron chi connectivity index (χ0n) is 9.30. The van der Waals surface area contributed by atoms with E-state index >= 15 is 0 Å². The first-order valence-corrected chi connectivity index (χ1v) is 4.85. The molecule has 0 aliphatic heterocycles. The number of hydrogen-bond donors (Lipinski definition) is 1. The van der Waals surface area contributed by atoms with Crippen molar-refractivity contribution < 1.29 is 5.11 Å². The van der Waals surface area contributed by atoms with E-state index in [1.807, 2.05) is 13.0 Å². The summed E-state index contributed by atoms with van der Waals surface area (Å²) in [4.78, 5) is 0. The molecule has 0 saturated heterocycles. The fourth-order valence-corrected chi connectivity index (χ4v) is 0.985. The quantitative estimate of drug-likeness (QED) is 0.661. The van der Waals surface area contributed by atoms with Crippen LogP contribution in [0, 0.1) is 5.41 Å². The smallest absolute Gasteiger partial charge is 0.0591 e. The van der Waals surface area contributed by atoms with Crippen LogP contribution in [0.15, 0.2) is 24.3 Å². The Bertz CT molecular complexity index is 184. The van der Waals surface area contributed by atoms with Crippen LogP contribution in [-0.4, -0.2) is 11.2 Å². The van der Waals surface area contributed by atoms with Crippen molar-refractivity contribution in [2.75, 3.05) is 0 Å². The Morgan fingerprint density at radius 3 is 2.38 bits per heavy atom. The Labute approximate surface area is 82.2 Å². The molecular weight excluding hydrogens is 160 g/mol. The molecule has 1 heteroatoms. The molecule has 0 saturated carbocycles. The summed E-state index contributed by atoms with van der Waals surface area (Å²) < 4.78 is 0. The number of aliphatic hydroxyl groups excluding tert-OH is 1. The van der Waals surface area contributed by atoms with Gasteiger partial charge in [0.05, 0.1) is 6.10 Å². The summed E-state index contributed by atoms with van der Waals surface area (Å²) in [5.74, 6) is 0. The van der Waals surface area contributed by atoms with E-state index in [0.717, 1.165) is 12.8 Å². The predicted molar refractivity (Wildman–Crippen MR) is 58.6 cm³/mol. The van der Waals surface area contributed by atoms with E-state index in [4.69, 9.17) is 0 Å². The van der Waals surface area contributed by atoms with Crippen LogP contribution in [0.25, 0.3) is 0 Å². The van der Waals surface area contributed by atoms with Gasteiger partial charge in [-0.25, -0.2) is 0 Å². The van der Waals surface area contributed by atoms with Crippen molar-refractivity contribution in [3.05, 3.63) is 24.3 Å². The Morgan fingerprint density at radius 1 is 1.46 bits per heavy atom. The van der Waals surface area contributed by atoms with Gasteiger partial charge in [0.15, 0.2) is 0 Å². The molecule has 0 heterocycles. The summed E-state index contributed by atoms with van der Waals surface area (Å²) >= 11 is 0. The normalized spacial score (nSPS) is 15.6. The van der Waals surface area contributed by atoms with E-state index in [-0.39, 0.29) is 11.5 Å². The molecule has 0 aliphatic rings. The first-order valence-electron chi connectivity index (χ1n) is 4.85. The number of hydrogen-bond acceptors (Lipinski definition) is 1. The van der Waals surface area contributed by atoms with Crippen LogP contribution in [-0.2, 0) is 0 Å². The summed E-state index contributed by atoms with van der Waals surface area (Å²) in [5.41, 5.74) is 1.18. The SMILES string of the molecule is C=C/C(C)=C/CCC(O)C(C)(C)C. The second-order valence-corrected chi connectivity index (χ2v) is 4.61. The van der Waals surface area contributed by atoms with Crippen LogP contribution < -0.4 is 0 Å². The molecule has 0 aromatic carbocycles. The molecule has 0 radical (unpaired) electrons. The number of rotatable bonds is 4. The van der Waals surface area contributed by atoms with Crippen LogP contribution in [0.4, 0.5) is 0 Å². The zero-order valence-corrected chi connectivity index (χ0v) is 9.30. The van der Waals surface area contributed by atoms with Gasteiger partial charge >= 0.3 is 0 Å². The molecule has 1 nitrogen and oxygen atoms in total. The van der Waals surface area contributed by atoms with Crippen LogP contribution >= 0.6 is 0 Å². The van der Waals surface area contributed by atoms with Gasteiger partial charge in [-0.2, -0.15) is 0 Å². The van der Waals surface area contributed by atoms with Crippen molar-refractivity contribution in [3.63, 3.8) is 0 Å². The summed E-state index contributed by atoms with van der Waals surface area (Å²) in [6.45, 7) is 11.9. The standard InChI is InChI=1S/C12H22O/c1-6-10(2)8-7-9-11(13)12(3,4)5/h6,8,11,13H,1,7,9H2,2-5H3/b10-8+. The van der Waals surface area contributed by atoms with Crippen molar-refractivity contribution >= 4 is 0 Å². The molecule has 0 aliphatic carbocycles. The molecular formula is C12H22O. The number of allylic oxidation sites excluding steroid dienone is 3. The highest BCUT2D eigenvalue weighted by molar-refractivity contribution is 5.12. The lowest BCUT2D eigenvalue weighted by atomic mass is 9.86. The van der Waals surface area contributed by atoms with Gasteiger partial charge < -0.3 is 5.11 Å². The summed E-state index contributed by atoms with van der Waals surface area (Å²) in [7, 11) is 0. The van der Waals surface area contributed by atoms with Gasteiger partial charge in [0.1, 0.15) is 0 Å². The molecule has 0 amide bonds. The van der Waals surface area contributed by atoms with Gasteiger partial charge in [-0.1, -0.05) is 45.1 Å². The van der Waals surface area contributed by atoms with Crippen LogP contribution in [0.3, 0.4) is 0 Å². The molecule has 13 heavy (non-hydrogen) atoms. The number of aliphatic hydroxyl groups is 1. The minimum Gasteiger partial charge on any atom is -0.393 e. The van der Waals surface area contributed by atoms with E-state index in [2.05, 4.69) is 33.4 Å². The average Bonchev–Trinajstić information content (AvgIpc) is 2.02. The summed E-state index contributed by atoms with van der Waals surface area (Å²) in [5, 5.41) is 9.72. The Kier molecular flexibility index (Phi) is 5.01. The maximum absolute atomic E-state index is 9.72. The lowest BCUT2D eigenvalue weighted by Gasteiger charge is -2.25. The maximum atomic E-state index is 9.72. The third-order valence-corrected chi connectivity index (χ3v) is 2.23. The lowest BCUT2D eigenvalue weighted by Crippen LogP contribution is -2.25. The molecule has 1 atom stereocenters. The first kappa shape index (κ1) is 12.4. The highest BCUT2D eigenvalue weighted by Gasteiger charge is 2.20. The molecule has 0 rings (SSSR count). The Morgan fingerprint density at radius 2 is 2.00 bits per heavy atom. The van der Waals surface area contributed by atoms with E-state index in [9.17, 15) is 5.11 Å². The topological polar surface area (TPSA) is 20.2 Å². The van der Waals surface area contributed by atoms with Crippen LogP contribution in [0.1, 0.15) is 40.5 Å². The van der Waals surface area contributed by atoms with Gasteiger partial charge in [0, 0.05) is 0 Å². The van der Waals surface area contributed by atoms with Crippen LogP contribution in [0.2, 0.25) is 0 Å². The van der Waals surface area contributed by atoms with Gasteiger partial charge in [-0.3, -0.25) is 0 Å². The van der Waals surface area contributed by atoms with Crippen molar-refractivity contribution in [3.8, 4) is 0 Å². The fourth-order valence-electron chi connectivity index (χ4n) is 0.985. The Hall–Kier alpha value is -0.560. The van der Waals surface area contributed by atoms with Gasteiger partial charge in [-0.05, 0) is 25.2 Å². The van der Waals surface area contributed by atoms with Crippen molar-refractivity contribution in [2.24, 2.45) is 5.41 Å². The van der Waals surface area contributed by atoms with Crippen molar-refractivity contribution in [1.29, 1.82) is 0 Å². The third kappa shape index (κ3) is 5.64. The van der Waals surface area contributed by atoms with Crippen LogP contribution in [0.5, 0.6) is 0 Å². The first-order chi connectivity index (χ1) is 5.88.